The van der Waals surface area contributed by atoms with E-state index in [1.165, 1.54) is 0 Å². The van der Waals surface area contributed by atoms with Crippen LogP contribution in [0.15, 0.2) is 36.4 Å². The van der Waals surface area contributed by atoms with Gasteiger partial charge in [-0.05, 0) is 29.2 Å². The van der Waals surface area contributed by atoms with Gasteiger partial charge in [-0.1, -0.05) is 39.0 Å². The summed E-state index contributed by atoms with van der Waals surface area (Å²) in [5.41, 5.74) is 0.811. The number of rotatable bonds is 3. The summed E-state index contributed by atoms with van der Waals surface area (Å²) in [4.78, 5) is 0. The molecule has 0 aliphatic carbocycles. The normalized spacial score (nSPS) is 11.5. The van der Waals surface area contributed by atoms with Crippen LogP contribution in [0.4, 0.5) is 8.78 Å². The van der Waals surface area contributed by atoms with Crippen molar-refractivity contribution in [2.75, 3.05) is 0 Å². The lowest BCUT2D eigenvalue weighted by Crippen LogP contribution is -2.12. The fourth-order valence-corrected chi connectivity index (χ4v) is 2.09. The molecule has 0 saturated carbocycles. The Hall–Kier alpha value is -1.94. The predicted molar refractivity (Wildman–Crippen MR) is 77.5 cm³/mol. The third kappa shape index (κ3) is 3.39. The highest BCUT2D eigenvalue weighted by atomic mass is 19.1. The lowest BCUT2D eigenvalue weighted by molar-refractivity contribution is 0.279. The van der Waals surface area contributed by atoms with E-state index in [1.807, 2.05) is 32.9 Å². The van der Waals surface area contributed by atoms with Crippen LogP contribution in [0.25, 0.3) is 0 Å². The topological polar surface area (TPSA) is 29.5 Å². The highest BCUT2D eigenvalue weighted by molar-refractivity contribution is 5.42. The lowest BCUT2D eigenvalue weighted by Gasteiger charge is -2.22. The van der Waals surface area contributed by atoms with Gasteiger partial charge in [0, 0.05) is 5.56 Å². The van der Waals surface area contributed by atoms with Gasteiger partial charge in [0.2, 0.25) is 0 Å². The third-order valence-electron chi connectivity index (χ3n) is 3.15. The first-order valence-electron chi connectivity index (χ1n) is 6.69. The summed E-state index contributed by atoms with van der Waals surface area (Å²) in [6.07, 6.45) is 0. The van der Waals surface area contributed by atoms with Gasteiger partial charge in [-0.25, -0.2) is 8.78 Å². The number of hydrogen-bond acceptors (Lipinski definition) is 2. The number of hydrogen-bond donors (Lipinski definition) is 1. The highest BCUT2D eigenvalue weighted by Gasteiger charge is 2.21. The third-order valence-corrected chi connectivity index (χ3v) is 3.15. The van der Waals surface area contributed by atoms with Crippen molar-refractivity contribution < 1.29 is 18.6 Å². The average Bonchev–Trinajstić information content (AvgIpc) is 2.42. The van der Waals surface area contributed by atoms with E-state index in [9.17, 15) is 8.78 Å². The second kappa shape index (κ2) is 5.82. The molecule has 2 aromatic carbocycles. The highest BCUT2D eigenvalue weighted by Crippen LogP contribution is 2.36. The van der Waals surface area contributed by atoms with Crippen molar-refractivity contribution in [2.24, 2.45) is 0 Å². The molecule has 0 saturated heterocycles. The van der Waals surface area contributed by atoms with Crippen molar-refractivity contribution in [1.29, 1.82) is 0 Å². The molecular formula is C17H18F2O2. The van der Waals surface area contributed by atoms with Crippen LogP contribution in [-0.4, -0.2) is 5.11 Å². The minimum absolute atomic E-state index is 0.168. The Bertz CT molecular complexity index is 622. The summed E-state index contributed by atoms with van der Waals surface area (Å²) >= 11 is 0. The maximum Gasteiger partial charge on any atom is 0.198 e. The van der Waals surface area contributed by atoms with Gasteiger partial charge < -0.3 is 9.84 Å². The van der Waals surface area contributed by atoms with Gasteiger partial charge in [-0.2, -0.15) is 0 Å². The lowest BCUT2D eigenvalue weighted by atomic mass is 9.86. The summed E-state index contributed by atoms with van der Waals surface area (Å²) in [5.74, 6) is -1.70. The van der Waals surface area contributed by atoms with Crippen LogP contribution >= 0.6 is 0 Å². The molecule has 0 heterocycles. The Morgan fingerprint density at radius 3 is 2.14 bits per heavy atom. The molecular weight excluding hydrogens is 274 g/mol. The van der Waals surface area contributed by atoms with Gasteiger partial charge >= 0.3 is 0 Å². The smallest absolute Gasteiger partial charge is 0.198 e. The molecule has 4 heteroatoms. The number of aliphatic hydroxyl groups excluding tert-OH is 1. The van der Waals surface area contributed by atoms with Crippen LogP contribution in [-0.2, 0) is 12.0 Å². The van der Waals surface area contributed by atoms with Crippen molar-refractivity contribution in [3.63, 3.8) is 0 Å². The van der Waals surface area contributed by atoms with Crippen molar-refractivity contribution >= 4 is 0 Å². The fourth-order valence-electron chi connectivity index (χ4n) is 2.09. The second-order valence-electron chi connectivity index (χ2n) is 5.89. The molecule has 0 radical (unpaired) electrons. The maximum atomic E-state index is 13.9. The Morgan fingerprint density at radius 1 is 1.05 bits per heavy atom. The molecule has 0 amide bonds. The van der Waals surface area contributed by atoms with Crippen molar-refractivity contribution in [3.8, 4) is 11.5 Å². The maximum absolute atomic E-state index is 13.9. The summed E-state index contributed by atoms with van der Waals surface area (Å²) in [6.45, 7) is 5.57. The van der Waals surface area contributed by atoms with Gasteiger partial charge in [0.1, 0.15) is 5.75 Å². The Kier molecular flexibility index (Phi) is 4.28. The van der Waals surface area contributed by atoms with E-state index in [0.717, 1.165) is 17.7 Å². The molecule has 2 nitrogen and oxygen atoms in total. The van der Waals surface area contributed by atoms with Gasteiger partial charge in [-0.3, -0.25) is 0 Å². The minimum Gasteiger partial charge on any atom is -0.451 e. The number of para-hydroxylation sites is 1. The molecule has 0 spiro atoms. The van der Waals surface area contributed by atoms with Crippen LogP contribution in [0.5, 0.6) is 11.5 Å². The number of benzene rings is 2. The minimum atomic E-state index is -0.831. The van der Waals surface area contributed by atoms with Crippen LogP contribution in [0, 0.1) is 11.6 Å². The molecule has 21 heavy (non-hydrogen) atoms. The number of halogens is 2. The zero-order chi connectivity index (χ0) is 15.6. The Morgan fingerprint density at radius 2 is 1.62 bits per heavy atom. The van der Waals surface area contributed by atoms with E-state index in [4.69, 9.17) is 9.84 Å². The molecule has 0 unspecified atom stereocenters. The largest absolute Gasteiger partial charge is 0.451 e. The van der Waals surface area contributed by atoms with E-state index in [0.29, 0.717) is 5.75 Å². The monoisotopic (exact) mass is 292 g/mol. The Labute approximate surface area is 123 Å². The molecule has 0 fully saturated rings. The molecule has 1 N–H and O–H groups in total. The van der Waals surface area contributed by atoms with Crippen molar-refractivity contribution in [1.82, 2.24) is 0 Å². The summed E-state index contributed by atoms with van der Waals surface area (Å²) < 4.78 is 33.3. The number of ether oxygens (including phenoxy) is 1. The van der Waals surface area contributed by atoms with Crippen molar-refractivity contribution in [2.45, 2.75) is 32.8 Å². The molecule has 0 aliphatic rings. The van der Waals surface area contributed by atoms with Gasteiger partial charge in [-0.15, -0.1) is 0 Å². The fraction of sp³-hybridized carbons (Fsp3) is 0.294. The first-order valence-corrected chi connectivity index (χ1v) is 6.69. The van der Waals surface area contributed by atoms with Gasteiger partial charge in [0.05, 0.1) is 6.61 Å². The van der Waals surface area contributed by atoms with E-state index in [1.54, 1.807) is 12.1 Å². The molecule has 2 rings (SSSR count). The summed E-state index contributed by atoms with van der Waals surface area (Å²) in [5, 5.41) is 8.94. The molecule has 112 valence electrons. The average molecular weight is 292 g/mol. The zero-order valence-electron chi connectivity index (χ0n) is 12.3. The SMILES string of the molecule is CC(C)(C)c1ccccc1Oc1c(F)cc(CO)cc1F. The second-order valence-corrected chi connectivity index (χ2v) is 5.89. The van der Waals surface area contributed by atoms with E-state index < -0.39 is 24.0 Å². The molecule has 0 bridgehead atoms. The molecule has 2 aromatic rings. The molecule has 0 aromatic heterocycles. The van der Waals surface area contributed by atoms with E-state index in [-0.39, 0.29) is 11.0 Å². The number of aliphatic hydroxyl groups is 1. The van der Waals surface area contributed by atoms with Gasteiger partial charge in [0.15, 0.2) is 17.4 Å². The first kappa shape index (κ1) is 15.4. The summed E-state index contributed by atoms with van der Waals surface area (Å²) in [6, 6.07) is 9.29. The quantitative estimate of drug-likeness (QED) is 0.899. The van der Waals surface area contributed by atoms with E-state index in [2.05, 4.69) is 0 Å². The van der Waals surface area contributed by atoms with Crippen LogP contribution in [0.2, 0.25) is 0 Å². The predicted octanol–water partition coefficient (Wildman–Crippen LogP) is 4.55. The van der Waals surface area contributed by atoms with Crippen LogP contribution < -0.4 is 4.74 Å². The zero-order valence-corrected chi connectivity index (χ0v) is 12.3. The first-order chi connectivity index (χ1) is 9.82. The summed E-state index contributed by atoms with van der Waals surface area (Å²) in [7, 11) is 0. The Balaban J connectivity index is 2.44. The standard InChI is InChI=1S/C17H18F2O2/c1-17(2,3)12-6-4-5-7-15(12)21-16-13(18)8-11(10-20)9-14(16)19/h4-9,20H,10H2,1-3H3. The van der Waals surface area contributed by atoms with Crippen molar-refractivity contribution in [3.05, 3.63) is 59.2 Å². The molecule has 0 atom stereocenters. The van der Waals surface area contributed by atoms with Gasteiger partial charge in [0.25, 0.3) is 0 Å². The van der Waals surface area contributed by atoms with Crippen LogP contribution in [0.1, 0.15) is 31.9 Å². The van der Waals surface area contributed by atoms with E-state index >= 15 is 0 Å². The van der Waals surface area contributed by atoms with Crippen LogP contribution in [0.3, 0.4) is 0 Å². The molecule has 0 aliphatic heterocycles.